The van der Waals surface area contributed by atoms with E-state index in [2.05, 4.69) is 20.8 Å². The molecule has 1 saturated carbocycles. The summed E-state index contributed by atoms with van der Waals surface area (Å²) in [5.74, 6) is 0. The van der Waals surface area contributed by atoms with Crippen LogP contribution in [0.15, 0.2) is 0 Å². The van der Waals surface area contributed by atoms with Crippen LogP contribution in [0.25, 0.3) is 0 Å². The van der Waals surface area contributed by atoms with E-state index in [1.165, 1.54) is 44.9 Å². The quantitative estimate of drug-likeness (QED) is 0.733. The van der Waals surface area contributed by atoms with Crippen molar-refractivity contribution in [2.45, 2.75) is 65.7 Å². The van der Waals surface area contributed by atoms with Crippen molar-refractivity contribution in [2.75, 3.05) is 6.54 Å². The van der Waals surface area contributed by atoms with Crippen molar-refractivity contribution < 1.29 is 0 Å². The summed E-state index contributed by atoms with van der Waals surface area (Å²) in [5.41, 5.74) is 6.82. The second-order valence-corrected chi connectivity index (χ2v) is 6.34. The zero-order valence-corrected chi connectivity index (χ0v) is 10.2. The second kappa shape index (κ2) is 4.65. The summed E-state index contributed by atoms with van der Waals surface area (Å²) in [7, 11) is 0. The first kappa shape index (κ1) is 12.0. The van der Waals surface area contributed by atoms with E-state index in [0.29, 0.717) is 10.8 Å². The van der Waals surface area contributed by atoms with Gasteiger partial charge >= 0.3 is 0 Å². The summed E-state index contributed by atoms with van der Waals surface area (Å²) >= 11 is 0. The number of hydrogen-bond donors (Lipinski definition) is 1. The molecule has 0 aromatic carbocycles. The lowest BCUT2D eigenvalue weighted by Crippen LogP contribution is -2.31. The summed E-state index contributed by atoms with van der Waals surface area (Å²) in [4.78, 5) is 0. The topological polar surface area (TPSA) is 26.0 Å². The van der Waals surface area contributed by atoms with Gasteiger partial charge in [0.1, 0.15) is 0 Å². The molecule has 0 aliphatic heterocycles. The summed E-state index contributed by atoms with van der Waals surface area (Å²) in [6.07, 6.45) is 9.73. The minimum atomic E-state index is 0.465. The Morgan fingerprint density at radius 3 is 2.07 bits per heavy atom. The van der Waals surface area contributed by atoms with Gasteiger partial charge in [-0.25, -0.2) is 0 Å². The molecule has 1 fully saturated rings. The second-order valence-electron chi connectivity index (χ2n) is 6.34. The Balaban J connectivity index is 2.60. The molecule has 0 heterocycles. The predicted molar refractivity (Wildman–Crippen MR) is 63.3 cm³/mol. The van der Waals surface area contributed by atoms with Gasteiger partial charge in [0.05, 0.1) is 0 Å². The van der Waals surface area contributed by atoms with Gasteiger partial charge in [0, 0.05) is 0 Å². The molecular formula is C13H27N. The normalized spacial score (nSPS) is 22.3. The number of hydrogen-bond acceptors (Lipinski definition) is 1. The molecule has 1 aliphatic rings. The minimum absolute atomic E-state index is 0.465. The molecule has 0 bridgehead atoms. The monoisotopic (exact) mass is 197 g/mol. The smallest absolute Gasteiger partial charge is 0.00720 e. The molecule has 0 spiro atoms. The zero-order valence-electron chi connectivity index (χ0n) is 10.2. The third kappa shape index (κ3) is 3.61. The molecule has 1 nitrogen and oxygen atoms in total. The van der Waals surface area contributed by atoms with E-state index in [0.717, 1.165) is 6.54 Å². The fraction of sp³-hybridized carbons (Fsp3) is 1.00. The molecule has 0 unspecified atom stereocenters. The molecule has 0 aromatic heterocycles. The van der Waals surface area contributed by atoms with E-state index in [1.807, 2.05) is 0 Å². The first-order chi connectivity index (χ1) is 6.47. The van der Waals surface area contributed by atoms with Crippen molar-refractivity contribution in [1.29, 1.82) is 0 Å². The molecule has 1 aliphatic carbocycles. The molecule has 0 saturated heterocycles. The summed E-state index contributed by atoms with van der Waals surface area (Å²) in [6.45, 7) is 7.95. The SMILES string of the molecule is CC(C)(C)CC1(CCN)CCCCC1. The Morgan fingerprint density at radius 2 is 1.64 bits per heavy atom. The van der Waals surface area contributed by atoms with Gasteiger partial charge in [-0.2, -0.15) is 0 Å². The van der Waals surface area contributed by atoms with Gasteiger partial charge in [-0.05, 0) is 43.1 Å². The van der Waals surface area contributed by atoms with E-state index >= 15 is 0 Å². The highest BCUT2D eigenvalue weighted by Gasteiger charge is 2.34. The van der Waals surface area contributed by atoms with Crippen molar-refractivity contribution >= 4 is 0 Å². The Hall–Kier alpha value is -0.0400. The van der Waals surface area contributed by atoms with Crippen molar-refractivity contribution in [3.63, 3.8) is 0 Å². The van der Waals surface area contributed by atoms with Crippen LogP contribution >= 0.6 is 0 Å². The van der Waals surface area contributed by atoms with Crippen LogP contribution in [0.4, 0.5) is 0 Å². The maximum absolute atomic E-state index is 5.76. The number of rotatable bonds is 3. The fourth-order valence-corrected chi connectivity index (χ4v) is 3.25. The molecule has 84 valence electrons. The maximum atomic E-state index is 5.76. The highest BCUT2D eigenvalue weighted by Crippen LogP contribution is 2.46. The third-order valence-electron chi connectivity index (χ3n) is 3.49. The van der Waals surface area contributed by atoms with Crippen LogP contribution in [0.1, 0.15) is 65.7 Å². The van der Waals surface area contributed by atoms with Crippen LogP contribution in [-0.2, 0) is 0 Å². The first-order valence-corrected chi connectivity index (χ1v) is 6.18. The Morgan fingerprint density at radius 1 is 1.07 bits per heavy atom. The van der Waals surface area contributed by atoms with Crippen LogP contribution < -0.4 is 5.73 Å². The average molecular weight is 197 g/mol. The van der Waals surface area contributed by atoms with Gasteiger partial charge in [-0.15, -0.1) is 0 Å². The molecular weight excluding hydrogens is 170 g/mol. The lowest BCUT2D eigenvalue weighted by molar-refractivity contribution is 0.105. The lowest BCUT2D eigenvalue weighted by atomic mass is 9.64. The van der Waals surface area contributed by atoms with E-state index in [4.69, 9.17) is 5.73 Å². The van der Waals surface area contributed by atoms with E-state index in [-0.39, 0.29) is 0 Å². The highest BCUT2D eigenvalue weighted by molar-refractivity contribution is 4.86. The minimum Gasteiger partial charge on any atom is -0.330 e. The Kier molecular flexibility index (Phi) is 4.00. The van der Waals surface area contributed by atoms with Gasteiger partial charge in [-0.3, -0.25) is 0 Å². The summed E-state index contributed by atoms with van der Waals surface area (Å²) in [5, 5.41) is 0. The van der Waals surface area contributed by atoms with E-state index in [1.54, 1.807) is 0 Å². The van der Waals surface area contributed by atoms with Gasteiger partial charge in [0.15, 0.2) is 0 Å². The molecule has 1 heteroatoms. The standard InChI is InChI=1S/C13H27N/c1-12(2,3)11-13(9-10-14)7-5-4-6-8-13/h4-11,14H2,1-3H3. The van der Waals surface area contributed by atoms with Crippen molar-refractivity contribution in [2.24, 2.45) is 16.6 Å². The molecule has 2 N–H and O–H groups in total. The largest absolute Gasteiger partial charge is 0.330 e. The first-order valence-electron chi connectivity index (χ1n) is 6.18. The molecule has 14 heavy (non-hydrogen) atoms. The van der Waals surface area contributed by atoms with Crippen molar-refractivity contribution in [3.05, 3.63) is 0 Å². The lowest BCUT2D eigenvalue weighted by Gasteiger charge is -2.41. The molecule has 0 atom stereocenters. The van der Waals surface area contributed by atoms with Crippen molar-refractivity contribution in [3.8, 4) is 0 Å². The average Bonchev–Trinajstić information content (AvgIpc) is 2.02. The van der Waals surface area contributed by atoms with Gasteiger partial charge < -0.3 is 5.73 Å². The predicted octanol–water partition coefficient (Wildman–Crippen LogP) is 3.72. The summed E-state index contributed by atoms with van der Waals surface area (Å²) in [6, 6.07) is 0. The number of nitrogens with two attached hydrogens (primary N) is 1. The van der Waals surface area contributed by atoms with Crippen LogP contribution in [0.2, 0.25) is 0 Å². The summed E-state index contributed by atoms with van der Waals surface area (Å²) < 4.78 is 0. The zero-order chi connectivity index (χ0) is 10.7. The third-order valence-corrected chi connectivity index (χ3v) is 3.49. The van der Waals surface area contributed by atoms with Crippen LogP contribution in [0.3, 0.4) is 0 Å². The molecule has 0 amide bonds. The highest BCUT2D eigenvalue weighted by atomic mass is 14.5. The fourth-order valence-electron chi connectivity index (χ4n) is 3.25. The Bertz CT molecular complexity index is 155. The Labute approximate surface area is 89.5 Å². The van der Waals surface area contributed by atoms with Crippen molar-refractivity contribution in [1.82, 2.24) is 0 Å². The van der Waals surface area contributed by atoms with Gasteiger partial charge in [-0.1, -0.05) is 40.0 Å². The molecule has 0 aromatic rings. The van der Waals surface area contributed by atoms with Crippen LogP contribution in [-0.4, -0.2) is 6.54 Å². The van der Waals surface area contributed by atoms with Gasteiger partial charge in [0.2, 0.25) is 0 Å². The van der Waals surface area contributed by atoms with Gasteiger partial charge in [0.25, 0.3) is 0 Å². The maximum Gasteiger partial charge on any atom is -0.00720 e. The van der Waals surface area contributed by atoms with Crippen LogP contribution in [0.5, 0.6) is 0 Å². The van der Waals surface area contributed by atoms with Crippen LogP contribution in [0, 0.1) is 10.8 Å². The van der Waals surface area contributed by atoms with E-state index in [9.17, 15) is 0 Å². The van der Waals surface area contributed by atoms with E-state index < -0.39 is 0 Å². The molecule has 1 rings (SSSR count). The molecule has 0 radical (unpaired) electrons.